The molecule has 1 aliphatic rings. The van der Waals surface area contributed by atoms with E-state index in [0.717, 1.165) is 24.8 Å². The maximum absolute atomic E-state index is 13.0. The summed E-state index contributed by atoms with van der Waals surface area (Å²) in [5, 5.41) is 10.2. The van der Waals surface area contributed by atoms with E-state index in [4.69, 9.17) is 11.6 Å². The second-order valence-electron chi connectivity index (χ2n) is 4.93. The highest BCUT2D eigenvalue weighted by Gasteiger charge is 2.34. The molecular weight excluding hydrogens is 354 g/mol. The molecule has 0 unspecified atom stereocenters. The summed E-state index contributed by atoms with van der Waals surface area (Å²) in [6.07, 6.45) is -3.33. The number of aromatic nitrogens is 3. The smallest absolute Gasteiger partial charge is 0.364 e. The zero-order valence-electron chi connectivity index (χ0n) is 11.8. The third-order valence-corrected chi connectivity index (χ3v) is 3.52. The summed E-state index contributed by atoms with van der Waals surface area (Å²) in [7, 11) is 0. The van der Waals surface area contributed by atoms with Crippen molar-refractivity contribution in [2.45, 2.75) is 25.8 Å². The minimum Gasteiger partial charge on any atom is -0.364 e. The van der Waals surface area contributed by atoms with Crippen LogP contribution in [0, 0.1) is 0 Å². The minimum atomic E-state index is -4.52. The van der Waals surface area contributed by atoms with Crippen molar-refractivity contribution in [1.82, 2.24) is 20.1 Å². The van der Waals surface area contributed by atoms with Crippen molar-refractivity contribution >= 4 is 29.8 Å². The van der Waals surface area contributed by atoms with E-state index in [1.54, 1.807) is 0 Å². The van der Waals surface area contributed by atoms with Crippen molar-refractivity contribution in [1.29, 1.82) is 0 Å². The molecule has 0 amide bonds. The molecule has 0 radical (unpaired) electrons. The van der Waals surface area contributed by atoms with E-state index in [1.807, 2.05) is 10.7 Å². The van der Waals surface area contributed by atoms with Crippen molar-refractivity contribution in [3.05, 3.63) is 40.3 Å². The maximum Gasteiger partial charge on any atom is 0.420 e. The quantitative estimate of drug-likeness (QED) is 0.875. The van der Waals surface area contributed by atoms with Crippen LogP contribution in [0.5, 0.6) is 0 Å². The number of halogens is 5. The number of pyridine rings is 1. The van der Waals surface area contributed by atoms with Crippen LogP contribution in [-0.2, 0) is 25.8 Å². The SMILES string of the molecule is Cl.FC(F)(F)c1cc(Cl)cnc1NCc1cc2n(n1)CCNC2. The van der Waals surface area contributed by atoms with Gasteiger partial charge in [-0.15, -0.1) is 12.4 Å². The summed E-state index contributed by atoms with van der Waals surface area (Å²) >= 11 is 5.60. The molecule has 0 atom stereocenters. The molecule has 0 saturated carbocycles. The Balaban J connectivity index is 0.00000192. The van der Waals surface area contributed by atoms with E-state index < -0.39 is 11.7 Å². The first-order valence-electron chi connectivity index (χ1n) is 6.66. The molecule has 3 rings (SSSR count). The van der Waals surface area contributed by atoms with Crippen molar-refractivity contribution in [3.63, 3.8) is 0 Å². The molecule has 0 bridgehead atoms. The number of rotatable bonds is 3. The monoisotopic (exact) mass is 367 g/mol. The number of hydrogen-bond acceptors (Lipinski definition) is 4. The van der Waals surface area contributed by atoms with Crippen molar-refractivity contribution in [2.24, 2.45) is 0 Å². The van der Waals surface area contributed by atoms with Gasteiger partial charge in [-0.3, -0.25) is 4.68 Å². The zero-order valence-corrected chi connectivity index (χ0v) is 13.4. The Bertz CT molecular complexity index is 663. The van der Waals surface area contributed by atoms with Gasteiger partial charge in [-0.2, -0.15) is 18.3 Å². The van der Waals surface area contributed by atoms with Gasteiger partial charge in [0.15, 0.2) is 0 Å². The molecule has 5 nitrogen and oxygen atoms in total. The minimum absolute atomic E-state index is 0. The molecule has 2 N–H and O–H groups in total. The van der Waals surface area contributed by atoms with Crippen LogP contribution in [0.25, 0.3) is 0 Å². The standard InChI is InChI=1S/C13H13ClF3N5.ClH/c14-8-3-11(13(15,16)17)12(19-5-8)20-6-9-4-10-7-18-1-2-22(10)21-9;/h3-5,18H,1-2,6-7H2,(H,19,20);1H. The third kappa shape index (κ3) is 4.07. The number of anilines is 1. The summed E-state index contributed by atoms with van der Waals surface area (Å²) in [6.45, 7) is 2.46. The molecule has 0 aliphatic carbocycles. The number of nitrogens with one attached hydrogen (secondary N) is 2. The summed E-state index contributed by atoms with van der Waals surface area (Å²) < 4.78 is 40.8. The number of nitrogens with zero attached hydrogens (tertiary/aromatic N) is 3. The molecule has 1 aliphatic heterocycles. The van der Waals surface area contributed by atoms with E-state index >= 15 is 0 Å². The van der Waals surface area contributed by atoms with Gasteiger partial charge in [-0.1, -0.05) is 11.6 Å². The van der Waals surface area contributed by atoms with Crippen molar-refractivity contribution < 1.29 is 13.2 Å². The van der Waals surface area contributed by atoms with Crippen LogP contribution in [-0.4, -0.2) is 21.3 Å². The molecule has 0 aromatic carbocycles. The predicted molar refractivity (Wildman–Crippen MR) is 82.8 cm³/mol. The van der Waals surface area contributed by atoms with Crippen LogP contribution in [0.15, 0.2) is 18.3 Å². The lowest BCUT2D eigenvalue weighted by Crippen LogP contribution is -2.28. The Morgan fingerprint density at radius 1 is 1.35 bits per heavy atom. The molecule has 23 heavy (non-hydrogen) atoms. The lowest BCUT2D eigenvalue weighted by atomic mass is 10.2. The molecule has 0 fully saturated rings. The Hall–Kier alpha value is -1.51. The van der Waals surface area contributed by atoms with E-state index in [2.05, 4.69) is 20.7 Å². The first kappa shape index (κ1) is 17.8. The van der Waals surface area contributed by atoms with Crippen LogP contribution in [0.4, 0.5) is 19.0 Å². The first-order valence-corrected chi connectivity index (χ1v) is 7.04. The second-order valence-corrected chi connectivity index (χ2v) is 5.36. The predicted octanol–water partition coefficient (Wildman–Crippen LogP) is 3.09. The lowest BCUT2D eigenvalue weighted by Gasteiger charge is -2.13. The highest BCUT2D eigenvalue weighted by atomic mass is 35.5. The maximum atomic E-state index is 13.0. The number of fused-ring (bicyclic) bond motifs is 1. The largest absolute Gasteiger partial charge is 0.420 e. The Kier molecular flexibility index (Phi) is 5.38. The number of hydrogen-bond donors (Lipinski definition) is 2. The average Bonchev–Trinajstić information content (AvgIpc) is 2.87. The fourth-order valence-electron chi connectivity index (χ4n) is 2.31. The van der Waals surface area contributed by atoms with Gasteiger partial charge in [-0.25, -0.2) is 4.98 Å². The summed E-state index contributed by atoms with van der Waals surface area (Å²) in [6, 6.07) is 2.72. The van der Waals surface area contributed by atoms with E-state index in [-0.39, 0.29) is 29.8 Å². The molecule has 0 spiro atoms. The van der Waals surface area contributed by atoms with E-state index in [1.165, 1.54) is 6.20 Å². The van der Waals surface area contributed by atoms with Gasteiger partial charge in [0.1, 0.15) is 5.82 Å². The molecule has 126 valence electrons. The zero-order chi connectivity index (χ0) is 15.7. The third-order valence-electron chi connectivity index (χ3n) is 3.32. The van der Waals surface area contributed by atoms with Crippen LogP contribution >= 0.6 is 24.0 Å². The first-order chi connectivity index (χ1) is 10.4. The van der Waals surface area contributed by atoms with Crippen molar-refractivity contribution in [2.75, 3.05) is 11.9 Å². The van der Waals surface area contributed by atoms with Crippen LogP contribution in [0.3, 0.4) is 0 Å². The molecule has 10 heteroatoms. The number of alkyl halides is 3. The van der Waals surface area contributed by atoms with Gasteiger partial charge in [-0.05, 0) is 12.1 Å². The lowest BCUT2D eigenvalue weighted by molar-refractivity contribution is -0.137. The Labute approximate surface area is 141 Å². The van der Waals surface area contributed by atoms with Gasteiger partial charge < -0.3 is 10.6 Å². The fraction of sp³-hybridized carbons (Fsp3) is 0.385. The van der Waals surface area contributed by atoms with Gasteiger partial charge in [0.05, 0.1) is 35.1 Å². The van der Waals surface area contributed by atoms with E-state index in [9.17, 15) is 13.2 Å². The highest BCUT2D eigenvalue weighted by Crippen LogP contribution is 2.35. The van der Waals surface area contributed by atoms with Gasteiger partial charge in [0.2, 0.25) is 0 Å². The van der Waals surface area contributed by atoms with Gasteiger partial charge in [0, 0.05) is 19.3 Å². The van der Waals surface area contributed by atoms with Gasteiger partial charge in [0.25, 0.3) is 0 Å². The molecule has 3 heterocycles. The van der Waals surface area contributed by atoms with E-state index in [0.29, 0.717) is 12.2 Å². The molecular formula is C13H14Cl2F3N5. The average molecular weight is 368 g/mol. The molecule has 0 saturated heterocycles. The summed E-state index contributed by atoms with van der Waals surface area (Å²) in [4.78, 5) is 3.73. The fourth-order valence-corrected chi connectivity index (χ4v) is 2.47. The van der Waals surface area contributed by atoms with Crippen LogP contribution < -0.4 is 10.6 Å². The molecule has 2 aromatic heterocycles. The Morgan fingerprint density at radius 2 is 2.13 bits per heavy atom. The highest BCUT2D eigenvalue weighted by molar-refractivity contribution is 6.30. The summed E-state index contributed by atoms with van der Waals surface area (Å²) in [5.41, 5.74) is 0.803. The topological polar surface area (TPSA) is 54.8 Å². The van der Waals surface area contributed by atoms with Crippen LogP contribution in [0.1, 0.15) is 17.0 Å². The Morgan fingerprint density at radius 3 is 2.83 bits per heavy atom. The van der Waals surface area contributed by atoms with Crippen LogP contribution in [0.2, 0.25) is 5.02 Å². The van der Waals surface area contributed by atoms with Gasteiger partial charge >= 0.3 is 6.18 Å². The summed E-state index contributed by atoms with van der Waals surface area (Å²) in [5.74, 6) is -0.249. The normalized spacial score (nSPS) is 14.1. The van der Waals surface area contributed by atoms with Crippen molar-refractivity contribution in [3.8, 4) is 0 Å². The second kappa shape index (κ2) is 6.94. The molecule has 2 aromatic rings.